The third kappa shape index (κ3) is 2.58. The zero-order chi connectivity index (χ0) is 16.7. The lowest BCUT2D eigenvalue weighted by atomic mass is 9.77. The minimum Gasteiger partial charge on any atom is -0.497 e. The van der Waals surface area contributed by atoms with Crippen LogP contribution in [-0.4, -0.2) is 37.6 Å². The van der Waals surface area contributed by atoms with Gasteiger partial charge in [0, 0.05) is 37.5 Å². The van der Waals surface area contributed by atoms with Crippen molar-refractivity contribution in [3.05, 3.63) is 29.8 Å². The molecule has 0 radical (unpaired) electrons. The Kier molecular flexibility index (Phi) is 3.59. The summed E-state index contributed by atoms with van der Waals surface area (Å²) in [5.41, 5.74) is 2.38. The number of nitrogens with zero attached hydrogens (tertiary/aromatic N) is 2. The van der Waals surface area contributed by atoms with Gasteiger partial charge in [-0.25, -0.2) is 4.98 Å². The molecule has 1 spiro atoms. The Balaban J connectivity index is 1.59. The van der Waals surface area contributed by atoms with Crippen LogP contribution in [0.2, 0.25) is 0 Å². The van der Waals surface area contributed by atoms with Gasteiger partial charge in [-0.15, -0.1) is 0 Å². The molecule has 0 aliphatic carbocycles. The molecule has 1 N–H and O–H groups in total. The zero-order valence-corrected chi connectivity index (χ0v) is 14.3. The molecule has 3 heterocycles. The summed E-state index contributed by atoms with van der Waals surface area (Å²) >= 11 is 0. The van der Waals surface area contributed by atoms with Crippen LogP contribution in [-0.2, 0) is 4.79 Å². The van der Waals surface area contributed by atoms with Gasteiger partial charge < -0.3 is 15.0 Å². The average molecular weight is 325 g/mol. The Bertz CT molecular complexity index is 795. The highest BCUT2D eigenvalue weighted by Crippen LogP contribution is 2.38. The van der Waals surface area contributed by atoms with E-state index in [-0.39, 0.29) is 11.3 Å². The van der Waals surface area contributed by atoms with Crippen LogP contribution in [0.4, 0.5) is 5.82 Å². The quantitative estimate of drug-likeness (QED) is 0.922. The fraction of sp³-hybridized carbons (Fsp3) is 0.474. The van der Waals surface area contributed by atoms with Crippen molar-refractivity contribution in [1.82, 2.24) is 10.3 Å². The van der Waals surface area contributed by atoms with Gasteiger partial charge in [-0.3, -0.25) is 4.79 Å². The lowest BCUT2D eigenvalue weighted by Gasteiger charge is -2.38. The molecule has 0 atom stereocenters. The number of ether oxygens (including phenoxy) is 1. The van der Waals surface area contributed by atoms with Gasteiger partial charge in [0.25, 0.3) is 0 Å². The van der Waals surface area contributed by atoms with Gasteiger partial charge in [-0.1, -0.05) is 0 Å². The third-order valence-electron chi connectivity index (χ3n) is 5.55. The van der Waals surface area contributed by atoms with E-state index in [1.165, 1.54) is 10.9 Å². The molecule has 1 aromatic heterocycles. The summed E-state index contributed by atoms with van der Waals surface area (Å²) in [4.78, 5) is 18.8. The number of rotatable bonds is 2. The highest BCUT2D eigenvalue weighted by molar-refractivity contribution is 5.85. The Morgan fingerprint density at radius 3 is 2.71 bits per heavy atom. The van der Waals surface area contributed by atoms with Gasteiger partial charge in [0.2, 0.25) is 5.91 Å². The average Bonchev–Trinajstić information content (AvgIpc) is 2.95. The fourth-order valence-electron chi connectivity index (χ4n) is 3.97. The maximum absolute atomic E-state index is 11.6. The second kappa shape index (κ2) is 5.65. The topological polar surface area (TPSA) is 54.5 Å². The molecular formula is C19H23N3O2. The maximum Gasteiger partial charge on any atom is 0.220 e. The van der Waals surface area contributed by atoms with Gasteiger partial charge in [0.15, 0.2) is 0 Å². The van der Waals surface area contributed by atoms with Crippen LogP contribution < -0.4 is 15.0 Å². The van der Waals surface area contributed by atoms with Crippen molar-refractivity contribution in [2.75, 3.05) is 31.6 Å². The van der Waals surface area contributed by atoms with E-state index in [1.807, 2.05) is 12.1 Å². The van der Waals surface area contributed by atoms with Crippen LogP contribution in [0, 0.1) is 12.3 Å². The summed E-state index contributed by atoms with van der Waals surface area (Å²) in [6, 6.07) is 8.22. The number of methoxy groups -OCH3 is 1. The lowest BCUT2D eigenvalue weighted by Crippen LogP contribution is -2.41. The first kappa shape index (κ1) is 15.2. The number of fused-ring (bicyclic) bond motifs is 1. The third-order valence-corrected chi connectivity index (χ3v) is 5.55. The van der Waals surface area contributed by atoms with Crippen LogP contribution in [0.5, 0.6) is 5.75 Å². The first-order chi connectivity index (χ1) is 11.6. The standard InChI is InChI=1S/C19H23N3O2/c1-13-9-17(21-16-10-14(24-2)3-4-15(13)16)22-7-5-19(6-8-22)11-18(23)20-12-19/h3-4,9-10H,5-8,11-12H2,1-2H3,(H,20,23). The van der Waals surface area contributed by atoms with Crippen molar-refractivity contribution in [2.24, 2.45) is 5.41 Å². The first-order valence-corrected chi connectivity index (χ1v) is 8.56. The monoisotopic (exact) mass is 325 g/mol. The summed E-state index contributed by atoms with van der Waals surface area (Å²) < 4.78 is 5.33. The van der Waals surface area contributed by atoms with Crippen LogP contribution in [0.1, 0.15) is 24.8 Å². The second-order valence-corrected chi connectivity index (χ2v) is 7.12. The Morgan fingerprint density at radius 1 is 1.25 bits per heavy atom. The molecule has 2 aromatic rings. The van der Waals surface area contributed by atoms with Gasteiger partial charge in [-0.2, -0.15) is 0 Å². The molecule has 0 bridgehead atoms. The number of aromatic nitrogens is 1. The van der Waals surface area contributed by atoms with E-state index in [2.05, 4.69) is 29.3 Å². The van der Waals surface area contributed by atoms with Crippen LogP contribution in [0.15, 0.2) is 24.3 Å². The highest BCUT2D eigenvalue weighted by Gasteiger charge is 2.41. The van der Waals surface area contributed by atoms with Crippen LogP contribution >= 0.6 is 0 Å². The number of amides is 1. The van der Waals surface area contributed by atoms with Gasteiger partial charge >= 0.3 is 0 Å². The number of pyridine rings is 1. The van der Waals surface area contributed by atoms with Gasteiger partial charge in [-0.05, 0) is 48.9 Å². The number of hydrogen-bond donors (Lipinski definition) is 1. The number of benzene rings is 1. The maximum atomic E-state index is 11.6. The number of nitrogens with one attached hydrogen (secondary N) is 1. The van der Waals surface area contributed by atoms with Crippen molar-refractivity contribution in [1.29, 1.82) is 0 Å². The number of carbonyl (C=O) groups excluding carboxylic acids is 1. The summed E-state index contributed by atoms with van der Waals surface area (Å²) in [7, 11) is 1.68. The summed E-state index contributed by atoms with van der Waals surface area (Å²) in [6.45, 7) is 4.87. The summed E-state index contributed by atoms with van der Waals surface area (Å²) in [5, 5.41) is 4.16. The van der Waals surface area contributed by atoms with E-state index < -0.39 is 0 Å². The number of hydrogen-bond acceptors (Lipinski definition) is 4. The number of piperidine rings is 1. The molecule has 5 heteroatoms. The molecule has 24 heavy (non-hydrogen) atoms. The Hall–Kier alpha value is -2.30. The Morgan fingerprint density at radius 2 is 2.04 bits per heavy atom. The summed E-state index contributed by atoms with van der Waals surface area (Å²) in [5.74, 6) is 2.07. The number of carbonyl (C=O) groups is 1. The Labute approximate surface area is 142 Å². The first-order valence-electron chi connectivity index (χ1n) is 8.56. The molecule has 2 saturated heterocycles. The summed E-state index contributed by atoms with van der Waals surface area (Å²) in [6.07, 6.45) is 2.77. The van der Waals surface area contributed by atoms with E-state index in [9.17, 15) is 4.79 Å². The fourth-order valence-corrected chi connectivity index (χ4v) is 3.97. The van der Waals surface area contributed by atoms with Crippen molar-refractivity contribution in [3.8, 4) is 5.75 Å². The molecule has 0 saturated carbocycles. The van der Waals surface area contributed by atoms with Crippen molar-refractivity contribution >= 4 is 22.6 Å². The van der Waals surface area contributed by atoms with E-state index >= 15 is 0 Å². The van der Waals surface area contributed by atoms with E-state index in [4.69, 9.17) is 9.72 Å². The molecule has 2 aliphatic rings. The SMILES string of the molecule is COc1ccc2c(C)cc(N3CCC4(CC3)CNC(=O)C4)nc2c1. The van der Waals surface area contributed by atoms with Crippen molar-refractivity contribution in [2.45, 2.75) is 26.2 Å². The minimum atomic E-state index is 0.169. The molecule has 126 valence electrons. The smallest absolute Gasteiger partial charge is 0.220 e. The van der Waals surface area contributed by atoms with Crippen molar-refractivity contribution < 1.29 is 9.53 Å². The minimum absolute atomic E-state index is 0.169. The molecule has 1 amide bonds. The second-order valence-electron chi connectivity index (χ2n) is 7.12. The molecule has 2 aliphatic heterocycles. The normalized spacial score (nSPS) is 19.8. The van der Waals surface area contributed by atoms with E-state index in [0.717, 1.165) is 49.6 Å². The van der Waals surface area contributed by atoms with Crippen LogP contribution in [0.25, 0.3) is 10.9 Å². The predicted molar refractivity (Wildman–Crippen MR) is 94.5 cm³/mol. The van der Waals surface area contributed by atoms with Crippen LogP contribution in [0.3, 0.4) is 0 Å². The molecule has 1 aromatic carbocycles. The zero-order valence-electron chi connectivity index (χ0n) is 14.3. The lowest BCUT2D eigenvalue weighted by molar-refractivity contribution is -0.119. The van der Waals surface area contributed by atoms with Crippen molar-refractivity contribution in [3.63, 3.8) is 0 Å². The highest BCUT2D eigenvalue weighted by atomic mass is 16.5. The van der Waals surface area contributed by atoms with E-state index in [0.29, 0.717) is 6.42 Å². The predicted octanol–water partition coefficient (Wildman–Crippen LogP) is 2.66. The molecule has 5 nitrogen and oxygen atoms in total. The van der Waals surface area contributed by atoms with Gasteiger partial charge in [0.05, 0.1) is 12.6 Å². The molecular weight excluding hydrogens is 302 g/mol. The molecule has 4 rings (SSSR count). The largest absolute Gasteiger partial charge is 0.497 e. The molecule has 2 fully saturated rings. The van der Waals surface area contributed by atoms with Gasteiger partial charge in [0.1, 0.15) is 11.6 Å². The molecule has 0 unspecified atom stereocenters. The number of anilines is 1. The van der Waals surface area contributed by atoms with E-state index in [1.54, 1.807) is 7.11 Å². The number of aryl methyl sites for hydroxylation is 1.